The topological polar surface area (TPSA) is 158 Å². The van der Waals surface area contributed by atoms with E-state index in [1.807, 2.05) is 90.0 Å². The predicted octanol–water partition coefficient (Wildman–Crippen LogP) is 32.0. The molecule has 28 unspecified atom stereocenters. The van der Waals surface area contributed by atoms with Crippen LogP contribution in [-0.2, 0) is 57.2 Å². The van der Waals surface area contributed by atoms with Gasteiger partial charge < -0.3 is 28.4 Å². The maximum atomic E-state index is 12.7. The average molecular weight is 1750 g/mol. The number of rotatable bonds is 20. The molecule has 12 nitrogen and oxygen atoms in total. The second kappa shape index (κ2) is 43.7. The minimum atomic E-state index is -0.343. The molecule has 17 rings (SSSR count). The molecule has 17 aliphatic rings. The van der Waals surface area contributed by atoms with Crippen LogP contribution >= 0.6 is 0 Å². The van der Waals surface area contributed by atoms with Crippen LogP contribution in [-0.4, -0.2) is 69.4 Å². The Hall–Kier alpha value is -3.18. The lowest BCUT2D eigenvalue weighted by atomic mass is 9.63. The molecule has 0 heterocycles. The maximum Gasteiger partial charge on any atom is 0.312 e. The molecule has 730 valence electrons. The second-order valence-corrected chi connectivity index (χ2v) is 47.2. The van der Waals surface area contributed by atoms with Crippen LogP contribution in [0.2, 0.25) is 0 Å². The molecule has 0 aromatic rings. The van der Waals surface area contributed by atoms with Gasteiger partial charge in [0.2, 0.25) is 0 Å². The van der Waals surface area contributed by atoms with Gasteiger partial charge in [-0.2, -0.15) is 0 Å². The number of ether oxygens (including phenoxy) is 6. The Morgan fingerprint density at radius 3 is 1.02 bits per heavy atom. The summed E-state index contributed by atoms with van der Waals surface area (Å²) >= 11 is 0. The largest absolute Gasteiger partial charge is 0.459 e. The molecular formula is C112H210O12. The zero-order valence-electron chi connectivity index (χ0n) is 77.5. The Morgan fingerprint density at radius 2 is 0.605 bits per heavy atom. The van der Waals surface area contributed by atoms with Gasteiger partial charge in [-0.05, 0) is 436 Å². The van der Waals surface area contributed by atoms with Gasteiger partial charge in [-0.15, -0.1) is 0 Å². The minimum Gasteiger partial charge on any atom is -0.459 e. The molecule has 17 aliphatic carbocycles. The number of fused-ring (bicyclic) bond motifs is 28. The van der Waals surface area contributed by atoms with Crippen LogP contribution < -0.4 is 0 Å². The minimum absolute atomic E-state index is 0. The summed E-state index contributed by atoms with van der Waals surface area (Å²) in [5.74, 6) is 18.3. The van der Waals surface area contributed by atoms with Crippen LogP contribution in [0.1, 0.15) is 484 Å². The van der Waals surface area contributed by atoms with E-state index in [1.54, 1.807) is 0 Å². The van der Waals surface area contributed by atoms with Gasteiger partial charge in [0.05, 0.1) is 32.5 Å². The van der Waals surface area contributed by atoms with E-state index in [1.165, 1.54) is 154 Å². The fourth-order valence-corrected chi connectivity index (χ4v) is 28.8. The molecule has 28 atom stereocenters. The number of carbonyl (C=O) groups excluding carboxylic acids is 6. The highest BCUT2D eigenvalue weighted by molar-refractivity contribution is 5.79. The molecule has 0 saturated heterocycles. The Morgan fingerprint density at radius 1 is 0.258 bits per heavy atom. The summed E-state index contributed by atoms with van der Waals surface area (Å²) in [5.41, 5.74) is -2.94. The monoisotopic (exact) mass is 1750 g/mol. The number of esters is 6. The molecule has 0 aliphatic heterocycles. The first-order valence-electron chi connectivity index (χ1n) is 48.7. The highest BCUT2D eigenvalue weighted by Gasteiger charge is 2.70. The van der Waals surface area contributed by atoms with E-state index >= 15 is 0 Å². The second-order valence-electron chi connectivity index (χ2n) is 47.2. The highest BCUT2D eigenvalue weighted by Crippen LogP contribution is 2.73. The van der Waals surface area contributed by atoms with E-state index in [9.17, 15) is 28.8 Å². The first kappa shape index (κ1) is 117. The lowest BCUT2D eigenvalue weighted by molar-refractivity contribution is -0.185. The summed E-state index contributed by atoms with van der Waals surface area (Å²) in [4.78, 5) is 74.5. The molecule has 0 aromatic carbocycles. The smallest absolute Gasteiger partial charge is 0.312 e. The third-order valence-electron chi connectivity index (χ3n) is 38.4. The van der Waals surface area contributed by atoms with Gasteiger partial charge in [0.1, 0.15) is 33.6 Å². The quantitative estimate of drug-likeness (QED) is 0.0646. The molecule has 0 aromatic heterocycles. The molecule has 0 amide bonds. The molecule has 14 bridgehead atoms. The van der Waals surface area contributed by atoms with Crippen LogP contribution in [0.4, 0.5) is 0 Å². The molecule has 17 fully saturated rings. The van der Waals surface area contributed by atoms with Crippen molar-refractivity contribution in [2.75, 3.05) is 0 Å². The molecule has 17 saturated carbocycles. The Balaban J connectivity index is 0.000000498. The van der Waals surface area contributed by atoms with E-state index < -0.39 is 0 Å². The van der Waals surface area contributed by atoms with Crippen LogP contribution in [0.15, 0.2) is 0 Å². The third kappa shape index (κ3) is 22.3. The molecule has 12 heteroatoms. The van der Waals surface area contributed by atoms with E-state index in [-0.39, 0.29) is 176 Å². The lowest BCUT2D eigenvalue weighted by Gasteiger charge is -2.48. The summed E-state index contributed by atoms with van der Waals surface area (Å²) < 4.78 is 36.5. The lowest BCUT2D eigenvalue weighted by Crippen LogP contribution is -2.49. The number of hydrogen-bond acceptors (Lipinski definition) is 12. The van der Waals surface area contributed by atoms with Crippen molar-refractivity contribution in [1.82, 2.24) is 0 Å². The zero-order valence-corrected chi connectivity index (χ0v) is 77.5. The van der Waals surface area contributed by atoms with Gasteiger partial charge in [-0.1, -0.05) is 155 Å². The van der Waals surface area contributed by atoms with Crippen molar-refractivity contribution < 1.29 is 57.2 Å². The molecule has 0 radical (unpaired) electrons. The summed E-state index contributed by atoms with van der Waals surface area (Å²) in [6.45, 7) is 49.7. The SMILES string of the molecule is C.C.C.C.C.C.C.C.C.C.CCC(C)(C)C(=O)OC1(C)CC2CC1C1C3CCC(C3)C21.CCC(C)(C)C(=O)OC1(C)CC2CC1C1CCCC21.CCC(C)(C)C(=O)OC1(C)CC2CCC1C2.CCC(C)(C)C(=O)OC1(C)CCCC2CCCCC21.CCC(C)(C)C(=O)OC1(CC)CC2CC1C1C3CCC(C3)C21.CCC(C)(C)C(=O)OC1(CC)CC2CCC1C2. The Labute approximate surface area is 769 Å². The summed E-state index contributed by atoms with van der Waals surface area (Å²) in [6.07, 6.45) is 46.3. The van der Waals surface area contributed by atoms with Crippen molar-refractivity contribution in [1.29, 1.82) is 0 Å². The van der Waals surface area contributed by atoms with Crippen molar-refractivity contribution in [2.45, 2.75) is 518 Å². The van der Waals surface area contributed by atoms with Crippen molar-refractivity contribution in [2.24, 2.45) is 163 Å². The normalized spacial score (nSPS) is 39.3. The number of hydrogen-bond donors (Lipinski definition) is 0. The third-order valence-corrected chi connectivity index (χ3v) is 38.4. The van der Waals surface area contributed by atoms with Gasteiger partial charge in [-0.25, -0.2) is 0 Å². The number of carbonyl (C=O) groups is 6. The molecular weight excluding hydrogens is 1540 g/mol. The van der Waals surface area contributed by atoms with E-state index in [0.29, 0.717) is 35.5 Å². The molecule has 0 N–H and O–H groups in total. The highest BCUT2D eigenvalue weighted by atomic mass is 16.6. The van der Waals surface area contributed by atoms with Gasteiger partial charge in [0.15, 0.2) is 0 Å². The Bertz CT molecular complexity index is 3390. The fourth-order valence-electron chi connectivity index (χ4n) is 28.8. The van der Waals surface area contributed by atoms with E-state index in [4.69, 9.17) is 28.4 Å². The van der Waals surface area contributed by atoms with Crippen LogP contribution in [0, 0.1) is 163 Å². The van der Waals surface area contributed by atoms with Crippen LogP contribution in [0.3, 0.4) is 0 Å². The predicted molar refractivity (Wildman–Crippen MR) is 523 cm³/mol. The standard InChI is InChI=1S/C20H32O2.C19H30O2.C17H28O2.C17H30O2.C15H26O2.C14H24O2.10CH4/c1-5-19(3,4)18(21)22-20(6-2)11-14-10-15(20)17-13-8-7-12(9-13)16(14)17;1-5-18(2,3)17(20)21-19(4)10-13-9-14(19)16-12-7-6-11(8-12)15(13)16;1-5-16(2,3)15(18)19-17(4)10-11-9-14(17)13-8-6-7-12(11)13;1-5-16(2,3)15(18)19-17(4)12-8-10-13-9-6-7-11-14(13)17;1-5-14(3,4)13(16)17-15(6-2)10-11-7-8-12(15)9-11;1-5-13(2,3)12(15)16-14(4)9-10-6-7-11(14)8-10;;;;;;;;;;/h12-17H,5-11H2,1-4H3;11-16H,5-10H2,1-4H3;11-14H,5-10H2,1-4H3;13-14H,5-12H2,1-4H3;11-12H,5-10H2,1-4H3;10-11H,5-9H2,1-4H3;10*1H4. The van der Waals surface area contributed by atoms with E-state index in [0.717, 1.165) is 185 Å². The zero-order chi connectivity index (χ0) is 83.3. The first-order chi connectivity index (χ1) is 53.3. The first-order valence-corrected chi connectivity index (χ1v) is 48.7. The van der Waals surface area contributed by atoms with Crippen molar-refractivity contribution in [3.8, 4) is 0 Å². The van der Waals surface area contributed by atoms with Gasteiger partial charge in [0.25, 0.3) is 0 Å². The van der Waals surface area contributed by atoms with Gasteiger partial charge in [-0.3, -0.25) is 28.8 Å². The summed E-state index contributed by atoms with van der Waals surface area (Å²) in [5, 5.41) is 0. The fraction of sp³-hybridized carbons (Fsp3) is 0.946. The molecule has 0 spiro atoms. The summed E-state index contributed by atoms with van der Waals surface area (Å²) in [6, 6.07) is 0. The summed E-state index contributed by atoms with van der Waals surface area (Å²) in [7, 11) is 0. The Kier molecular flexibility index (Phi) is 41.2. The maximum absolute atomic E-state index is 12.7. The molecule has 124 heavy (non-hydrogen) atoms. The van der Waals surface area contributed by atoms with Crippen molar-refractivity contribution in [3.63, 3.8) is 0 Å². The van der Waals surface area contributed by atoms with E-state index in [2.05, 4.69) is 76.2 Å². The van der Waals surface area contributed by atoms with Crippen molar-refractivity contribution >= 4 is 35.8 Å². The van der Waals surface area contributed by atoms with Crippen molar-refractivity contribution in [3.05, 3.63) is 0 Å². The van der Waals surface area contributed by atoms with Gasteiger partial charge in [0, 0.05) is 23.7 Å². The van der Waals surface area contributed by atoms with Gasteiger partial charge >= 0.3 is 35.8 Å². The van der Waals surface area contributed by atoms with Crippen LogP contribution in [0.25, 0.3) is 0 Å². The average Bonchev–Trinajstić information content (AvgIpc) is 1.54. The van der Waals surface area contributed by atoms with Crippen LogP contribution in [0.5, 0.6) is 0 Å².